The topological polar surface area (TPSA) is 141 Å². The van der Waals surface area contributed by atoms with Crippen LogP contribution in [0.25, 0.3) is 0 Å². The third kappa shape index (κ3) is 4.82. The lowest BCUT2D eigenvalue weighted by Gasteiger charge is -2.36. The highest BCUT2D eigenvalue weighted by Gasteiger charge is 2.53. The van der Waals surface area contributed by atoms with Crippen molar-refractivity contribution in [3.8, 4) is 0 Å². The molecule has 0 aromatic rings. The number of nitrogens with zero attached hydrogens (tertiary/aromatic N) is 1. The predicted octanol–water partition coefficient (Wildman–Crippen LogP) is -1.13. The number of rotatable bonds is 5. The van der Waals surface area contributed by atoms with Gasteiger partial charge in [0, 0.05) is 33.7 Å². The summed E-state index contributed by atoms with van der Waals surface area (Å²) in [7, 11) is 0. The summed E-state index contributed by atoms with van der Waals surface area (Å²) in [6.07, 6.45) is -4.95. The lowest BCUT2D eigenvalue weighted by molar-refractivity contribution is -0.167. The maximum atomic E-state index is 12.2. The standard InChI is InChI=1S/C15H22N2O9/c1-7(18)23-6-10-12(24-8(2)19)13(25-9(3)20)14(26-10)17-5-4-11(21)16-15(17)22/h10-14,21H,4-6H2,1-3H3,(H,16,22). The SMILES string of the molecule is CC(=O)OCC1OC(N2CCC(O)NC2=O)C(OC(C)=O)C1OC(C)=O. The molecule has 2 saturated heterocycles. The second kappa shape index (κ2) is 8.32. The molecule has 2 rings (SSSR count). The number of nitrogens with one attached hydrogen (secondary N) is 1. The predicted molar refractivity (Wildman–Crippen MR) is 82.3 cm³/mol. The van der Waals surface area contributed by atoms with Crippen molar-refractivity contribution in [2.75, 3.05) is 13.2 Å². The van der Waals surface area contributed by atoms with Gasteiger partial charge >= 0.3 is 23.9 Å². The van der Waals surface area contributed by atoms with Gasteiger partial charge in [0.25, 0.3) is 0 Å². The summed E-state index contributed by atoms with van der Waals surface area (Å²) in [6, 6.07) is -0.624. The second-order valence-electron chi connectivity index (χ2n) is 5.96. The van der Waals surface area contributed by atoms with Gasteiger partial charge in [0.1, 0.15) is 18.9 Å². The maximum absolute atomic E-state index is 12.2. The van der Waals surface area contributed by atoms with Crippen molar-refractivity contribution in [3.63, 3.8) is 0 Å². The Labute approximate surface area is 149 Å². The molecular formula is C15H22N2O9. The first kappa shape index (κ1) is 19.9. The van der Waals surface area contributed by atoms with Crippen molar-refractivity contribution >= 4 is 23.9 Å². The number of aliphatic hydroxyl groups is 1. The summed E-state index contributed by atoms with van der Waals surface area (Å²) in [5.41, 5.74) is 0. The number of amides is 2. The Bertz CT molecular complexity index is 581. The summed E-state index contributed by atoms with van der Waals surface area (Å²) in [5, 5.41) is 11.8. The summed E-state index contributed by atoms with van der Waals surface area (Å²) in [5.74, 6) is -1.88. The van der Waals surface area contributed by atoms with Gasteiger partial charge in [-0.15, -0.1) is 0 Å². The van der Waals surface area contributed by atoms with E-state index in [0.717, 1.165) is 0 Å². The summed E-state index contributed by atoms with van der Waals surface area (Å²) < 4.78 is 21.1. The number of urea groups is 1. The number of carbonyl (C=O) groups is 4. The molecule has 146 valence electrons. The van der Waals surface area contributed by atoms with Crippen LogP contribution in [0, 0.1) is 0 Å². The molecule has 0 aromatic carbocycles. The van der Waals surface area contributed by atoms with Crippen LogP contribution in [0.15, 0.2) is 0 Å². The average molecular weight is 374 g/mol. The first-order valence-corrected chi connectivity index (χ1v) is 8.07. The average Bonchev–Trinajstić information content (AvgIpc) is 2.82. The minimum absolute atomic E-state index is 0.127. The zero-order chi connectivity index (χ0) is 19.4. The fourth-order valence-corrected chi connectivity index (χ4v) is 2.85. The van der Waals surface area contributed by atoms with Crippen LogP contribution in [0.4, 0.5) is 4.79 Å². The van der Waals surface area contributed by atoms with Gasteiger partial charge in [0.15, 0.2) is 18.4 Å². The van der Waals surface area contributed by atoms with E-state index in [1.54, 1.807) is 0 Å². The van der Waals surface area contributed by atoms with Crippen LogP contribution in [0.3, 0.4) is 0 Å². The van der Waals surface area contributed by atoms with Crippen molar-refractivity contribution in [3.05, 3.63) is 0 Å². The molecule has 0 bridgehead atoms. The zero-order valence-electron chi connectivity index (χ0n) is 14.7. The minimum Gasteiger partial charge on any atom is -0.463 e. The third-order valence-electron chi connectivity index (χ3n) is 3.84. The highest BCUT2D eigenvalue weighted by atomic mass is 16.7. The number of hydrogen-bond donors (Lipinski definition) is 2. The first-order chi connectivity index (χ1) is 12.2. The Hall–Kier alpha value is -2.40. The van der Waals surface area contributed by atoms with E-state index in [-0.39, 0.29) is 19.6 Å². The molecule has 2 fully saturated rings. The molecule has 0 aromatic heterocycles. The molecule has 2 N–H and O–H groups in total. The molecule has 0 spiro atoms. The van der Waals surface area contributed by atoms with Gasteiger partial charge in [-0.1, -0.05) is 0 Å². The molecule has 2 aliphatic rings. The van der Waals surface area contributed by atoms with E-state index in [0.29, 0.717) is 0 Å². The summed E-state index contributed by atoms with van der Waals surface area (Å²) in [4.78, 5) is 47.4. The van der Waals surface area contributed by atoms with Gasteiger partial charge < -0.3 is 29.4 Å². The largest absolute Gasteiger partial charge is 0.463 e. The Morgan fingerprint density at radius 3 is 2.31 bits per heavy atom. The van der Waals surface area contributed by atoms with Gasteiger partial charge in [-0.05, 0) is 0 Å². The molecule has 26 heavy (non-hydrogen) atoms. The molecule has 11 heteroatoms. The molecule has 11 nitrogen and oxygen atoms in total. The van der Waals surface area contributed by atoms with E-state index in [9.17, 15) is 24.3 Å². The van der Waals surface area contributed by atoms with Crippen LogP contribution in [-0.2, 0) is 33.3 Å². The molecule has 2 aliphatic heterocycles. The fraction of sp³-hybridized carbons (Fsp3) is 0.733. The van der Waals surface area contributed by atoms with E-state index in [4.69, 9.17) is 18.9 Å². The molecule has 0 aliphatic carbocycles. The Morgan fingerprint density at radius 2 is 1.77 bits per heavy atom. The number of esters is 3. The van der Waals surface area contributed by atoms with Crippen LogP contribution in [0.5, 0.6) is 0 Å². The van der Waals surface area contributed by atoms with E-state index in [1.807, 2.05) is 0 Å². The third-order valence-corrected chi connectivity index (χ3v) is 3.84. The molecular weight excluding hydrogens is 352 g/mol. The smallest absolute Gasteiger partial charge is 0.321 e. The number of ether oxygens (including phenoxy) is 4. The van der Waals surface area contributed by atoms with Crippen LogP contribution in [-0.4, -0.2) is 77.9 Å². The number of carbonyl (C=O) groups excluding carboxylic acids is 4. The van der Waals surface area contributed by atoms with Crippen LogP contribution < -0.4 is 5.32 Å². The first-order valence-electron chi connectivity index (χ1n) is 8.07. The minimum atomic E-state index is -1.11. The van der Waals surface area contributed by atoms with E-state index in [1.165, 1.54) is 25.7 Å². The fourth-order valence-electron chi connectivity index (χ4n) is 2.85. The Morgan fingerprint density at radius 1 is 1.15 bits per heavy atom. The molecule has 0 radical (unpaired) electrons. The van der Waals surface area contributed by atoms with Crippen molar-refractivity contribution in [1.82, 2.24) is 10.2 Å². The Balaban J connectivity index is 2.25. The molecule has 0 saturated carbocycles. The van der Waals surface area contributed by atoms with E-state index >= 15 is 0 Å². The van der Waals surface area contributed by atoms with Crippen molar-refractivity contribution in [1.29, 1.82) is 0 Å². The molecule has 5 atom stereocenters. The van der Waals surface area contributed by atoms with E-state index in [2.05, 4.69) is 5.32 Å². The van der Waals surface area contributed by atoms with Crippen molar-refractivity contribution in [2.45, 2.75) is 58.0 Å². The molecule has 2 amide bonds. The lowest BCUT2D eigenvalue weighted by Crippen LogP contribution is -2.58. The molecule has 2 heterocycles. The maximum Gasteiger partial charge on any atom is 0.321 e. The zero-order valence-corrected chi connectivity index (χ0v) is 14.7. The quantitative estimate of drug-likeness (QED) is 0.452. The number of aliphatic hydroxyl groups excluding tert-OH is 1. The molecule has 5 unspecified atom stereocenters. The van der Waals surface area contributed by atoms with Crippen molar-refractivity contribution < 1.29 is 43.2 Å². The van der Waals surface area contributed by atoms with Gasteiger partial charge in [-0.25, -0.2) is 4.79 Å². The number of hydrogen-bond acceptors (Lipinski definition) is 9. The van der Waals surface area contributed by atoms with Gasteiger partial charge in [0.05, 0.1) is 0 Å². The van der Waals surface area contributed by atoms with Crippen LogP contribution in [0.2, 0.25) is 0 Å². The highest BCUT2D eigenvalue weighted by Crippen LogP contribution is 2.31. The summed E-state index contributed by atoms with van der Waals surface area (Å²) in [6.45, 7) is 3.42. The van der Waals surface area contributed by atoms with Gasteiger partial charge in [-0.3, -0.25) is 19.3 Å². The highest BCUT2D eigenvalue weighted by molar-refractivity contribution is 5.75. The van der Waals surface area contributed by atoms with Crippen molar-refractivity contribution in [2.24, 2.45) is 0 Å². The van der Waals surface area contributed by atoms with E-state index < -0.39 is 54.7 Å². The summed E-state index contributed by atoms with van der Waals surface area (Å²) >= 11 is 0. The van der Waals surface area contributed by atoms with Crippen LogP contribution in [0.1, 0.15) is 27.2 Å². The van der Waals surface area contributed by atoms with Gasteiger partial charge in [0.2, 0.25) is 0 Å². The Kier molecular flexibility index (Phi) is 6.37. The van der Waals surface area contributed by atoms with Crippen LogP contribution >= 0.6 is 0 Å². The normalized spacial score (nSPS) is 31.2. The monoisotopic (exact) mass is 374 g/mol. The van der Waals surface area contributed by atoms with Gasteiger partial charge in [-0.2, -0.15) is 0 Å². The second-order valence-corrected chi connectivity index (χ2v) is 5.96. The lowest BCUT2D eigenvalue weighted by atomic mass is 10.1.